The Morgan fingerprint density at radius 2 is 1.73 bits per heavy atom. The summed E-state index contributed by atoms with van der Waals surface area (Å²) in [5.74, 6) is -0.438. The Hall–Kier alpha value is -0.200. The maximum absolute atomic E-state index is 9.65. The van der Waals surface area contributed by atoms with E-state index < -0.39 is 30.3 Å². The van der Waals surface area contributed by atoms with Gasteiger partial charge in [0.25, 0.3) is 0 Å². The van der Waals surface area contributed by atoms with Gasteiger partial charge < -0.3 is 25.2 Å². The minimum Gasteiger partial charge on any atom is -0.396 e. The van der Waals surface area contributed by atoms with Crippen LogP contribution >= 0.6 is 0 Å². The molecule has 1 fully saturated rings. The van der Waals surface area contributed by atoms with Crippen LogP contribution in [0.2, 0.25) is 0 Å². The van der Waals surface area contributed by atoms with Crippen molar-refractivity contribution in [2.24, 2.45) is 5.92 Å². The molecule has 0 aromatic rings. The molecular formula is C10H20O5. The largest absolute Gasteiger partial charge is 0.396 e. The molecular weight excluding hydrogens is 200 g/mol. The zero-order valence-electron chi connectivity index (χ0n) is 9.08. The molecule has 4 N–H and O–H groups in total. The summed E-state index contributed by atoms with van der Waals surface area (Å²) in [7, 11) is 0. The lowest BCUT2D eigenvalue weighted by atomic mass is 9.81. The molecule has 5 nitrogen and oxygen atoms in total. The lowest BCUT2D eigenvalue weighted by molar-refractivity contribution is -0.186. The van der Waals surface area contributed by atoms with E-state index in [0.717, 1.165) is 0 Å². The predicted octanol–water partition coefficient (Wildman–Crippen LogP) is -1.13. The van der Waals surface area contributed by atoms with Gasteiger partial charge >= 0.3 is 0 Å². The molecule has 1 rings (SSSR count). The van der Waals surface area contributed by atoms with Crippen LogP contribution in [0.1, 0.15) is 20.3 Å². The van der Waals surface area contributed by atoms with Crippen LogP contribution in [-0.2, 0) is 4.74 Å². The quantitative estimate of drug-likeness (QED) is 0.483. The molecule has 5 heteroatoms. The van der Waals surface area contributed by atoms with Crippen molar-refractivity contribution in [3.63, 3.8) is 0 Å². The van der Waals surface area contributed by atoms with Crippen molar-refractivity contribution in [3.8, 4) is 0 Å². The first-order valence-electron chi connectivity index (χ1n) is 5.28. The Bertz CT molecular complexity index is 194. The molecule has 0 heterocycles. The molecule has 90 valence electrons. The van der Waals surface area contributed by atoms with E-state index in [-0.39, 0.29) is 12.7 Å². The van der Waals surface area contributed by atoms with Crippen LogP contribution in [0.25, 0.3) is 0 Å². The highest BCUT2D eigenvalue weighted by Gasteiger charge is 2.43. The Morgan fingerprint density at radius 1 is 1.13 bits per heavy atom. The third kappa shape index (κ3) is 2.89. The molecule has 5 atom stereocenters. The van der Waals surface area contributed by atoms with Gasteiger partial charge in [0.1, 0.15) is 12.2 Å². The van der Waals surface area contributed by atoms with E-state index in [2.05, 4.69) is 0 Å². The Morgan fingerprint density at radius 3 is 2.20 bits per heavy atom. The van der Waals surface area contributed by atoms with Gasteiger partial charge in [0.05, 0.1) is 18.3 Å². The number of aliphatic hydroxyl groups is 4. The summed E-state index contributed by atoms with van der Waals surface area (Å²) in [6, 6.07) is 0. The number of hydrogen-bond acceptors (Lipinski definition) is 5. The summed E-state index contributed by atoms with van der Waals surface area (Å²) >= 11 is 0. The maximum Gasteiger partial charge on any atom is 0.109 e. The van der Waals surface area contributed by atoms with Crippen LogP contribution in [0.4, 0.5) is 0 Å². The van der Waals surface area contributed by atoms with E-state index in [1.807, 2.05) is 13.8 Å². The zero-order valence-corrected chi connectivity index (χ0v) is 9.08. The lowest BCUT2D eigenvalue weighted by Gasteiger charge is -2.40. The highest BCUT2D eigenvalue weighted by atomic mass is 16.5. The molecule has 1 aliphatic carbocycles. The fourth-order valence-corrected chi connectivity index (χ4v) is 1.95. The molecule has 0 bridgehead atoms. The maximum atomic E-state index is 9.65. The predicted molar refractivity (Wildman–Crippen MR) is 53.2 cm³/mol. The van der Waals surface area contributed by atoms with Crippen molar-refractivity contribution in [2.45, 2.75) is 50.8 Å². The Balaban J connectivity index is 2.65. The monoisotopic (exact) mass is 220 g/mol. The second kappa shape index (κ2) is 5.23. The fourth-order valence-electron chi connectivity index (χ4n) is 1.95. The zero-order chi connectivity index (χ0) is 11.6. The second-order valence-electron chi connectivity index (χ2n) is 4.37. The average molecular weight is 220 g/mol. The van der Waals surface area contributed by atoms with Gasteiger partial charge in [-0.05, 0) is 20.3 Å². The molecule has 0 unspecified atom stereocenters. The first-order chi connectivity index (χ1) is 6.97. The van der Waals surface area contributed by atoms with Crippen LogP contribution in [0.3, 0.4) is 0 Å². The minimum atomic E-state index is -1.25. The van der Waals surface area contributed by atoms with Crippen molar-refractivity contribution in [1.29, 1.82) is 0 Å². The topological polar surface area (TPSA) is 90.2 Å². The van der Waals surface area contributed by atoms with Crippen molar-refractivity contribution < 1.29 is 25.2 Å². The first kappa shape index (κ1) is 12.9. The summed E-state index contributed by atoms with van der Waals surface area (Å²) in [6.07, 6.45) is -3.66. The molecule has 1 saturated carbocycles. The Kier molecular flexibility index (Phi) is 4.48. The number of hydrogen-bond donors (Lipinski definition) is 4. The van der Waals surface area contributed by atoms with Crippen LogP contribution in [0.15, 0.2) is 0 Å². The van der Waals surface area contributed by atoms with Gasteiger partial charge in [-0.1, -0.05) is 0 Å². The summed E-state index contributed by atoms with van der Waals surface area (Å²) < 4.78 is 5.42. The van der Waals surface area contributed by atoms with Crippen LogP contribution in [0, 0.1) is 5.92 Å². The van der Waals surface area contributed by atoms with E-state index in [0.29, 0.717) is 6.42 Å². The molecule has 0 amide bonds. The molecule has 0 radical (unpaired) electrons. The minimum absolute atomic E-state index is 0.0635. The normalized spacial score (nSPS) is 42.2. The lowest BCUT2D eigenvalue weighted by Crippen LogP contribution is -2.55. The fraction of sp³-hybridized carbons (Fsp3) is 1.00. The van der Waals surface area contributed by atoms with Crippen molar-refractivity contribution in [1.82, 2.24) is 0 Å². The molecule has 15 heavy (non-hydrogen) atoms. The van der Waals surface area contributed by atoms with E-state index in [1.54, 1.807) is 0 Å². The highest BCUT2D eigenvalue weighted by Crippen LogP contribution is 2.28. The molecule has 0 aliphatic heterocycles. The summed E-state index contributed by atoms with van der Waals surface area (Å²) in [4.78, 5) is 0. The third-order valence-electron chi connectivity index (χ3n) is 2.78. The van der Waals surface area contributed by atoms with E-state index in [1.165, 1.54) is 0 Å². The summed E-state index contributed by atoms with van der Waals surface area (Å²) in [5.41, 5.74) is 0. The second-order valence-corrected chi connectivity index (χ2v) is 4.37. The van der Waals surface area contributed by atoms with Crippen LogP contribution in [0.5, 0.6) is 0 Å². The van der Waals surface area contributed by atoms with Gasteiger partial charge in [-0.25, -0.2) is 0 Å². The SMILES string of the molecule is CC(C)O[C@H]1C[C@H](CO)[C@@H](O)[C@H](O)[C@@H]1O. The van der Waals surface area contributed by atoms with Crippen LogP contribution < -0.4 is 0 Å². The van der Waals surface area contributed by atoms with Crippen molar-refractivity contribution >= 4 is 0 Å². The Labute approximate surface area is 89.3 Å². The van der Waals surface area contributed by atoms with Gasteiger partial charge in [-0.2, -0.15) is 0 Å². The summed E-state index contributed by atoms with van der Waals surface area (Å²) in [6.45, 7) is 3.44. The smallest absolute Gasteiger partial charge is 0.109 e. The summed E-state index contributed by atoms with van der Waals surface area (Å²) in [5, 5.41) is 37.7. The van der Waals surface area contributed by atoms with E-state index in [9.17, 15) is 15.3 Å². The third-order valence-corrected chi connectivity index (χ3v) is 2.78. The van der Waals surface area contributed by atoms with Crippen LogP contribution in [-0.4, -0.2) is 57.6 Å². The first-order valence-corrected chi connectivity index (χ1v) is 5.28. The standard InChI is InChI=1S/C10H20O5/c1-5(2)15-7-3-6(4-11)8(12)10(14)9(7)13/h5-14H,3-4H2,1-2H3/t6-,7+,8-,9-,10+/m1/s1. The number of aliphatic hydroxyl groups excluding tert-OH is 4. The molecule has 0 aromatic carbocycles. The number of ether oxygens (including phenoxy) is 1. The highest BCUT2D eigenvalue weighted by molar-refractivity contribution is 4.93. The van der Waals surface area contributed by atoms with E-state index in [4.69, 9.17) is 9.84 Å². The average Bonchev–Trinajstić information content (AvgIpc) is 2.18. The molecule has 0 aromatic heterocycles. The van der Waals surface area contributed by atoms with Gasteiger partial charge in [0.15, 0.2) is 0 Å². The van der Waals surface area contributed by atoms with Gasteiger partial charge in [0.2, 0.25) is 0 Å². The van der Waals surface area contributed by atoms with Gasteiger partial charge in [0, 0.05) is 12.5 Å². The molecule has 0 spiro atoms. The molecule has 0 saturated heterocycles. The van der Waals surface area contributed by atoms with Gasteiger partial charge in [-0.15, -0.1) is 0 Å². The van der Waals surface area contributed by atoms with Crippen molar-refractivity contribution in [3.05, 3.63) is 0 Å². The van der Waals surface area contributed by atoms with Crippen molar-refractivity contribution in [2.75, 3.05) is 6.61 Å². The number of rotatable bonds is 3. The molecule has 1 aliphatic rings. The van der Waals surface area contributed by atoms with E-state index >= 15 is 0 Å². The van der Waals surface area contributed by atoms with Gasteiger partial charge in [-0.3, -0.25) is 0 Å².